The Kier molecular flexibility index (Phi) is 4.84. The predicted molar refractivity (Wildman–Crippen MR) is 87.6 cm³/mol. The number of likely N-dealkylation sites (tertiary alicyclic amines) is 1. The standard InChI is InChI=1S/C18H18FN3O2/c19-14-9-10-15(20-12-14)21-18(24)17(13-6-2-1-3-7-13)22-11-5-4-8-16(22)23/h1-3,6-7,9-10,12,17H,4-5,8,11H2,(H,20,21,24). The number of nitrogens with one attached hydrogen (secondary N) is 1. The monoisotopic (exact) mass is 327 g/mol. The van der Waals surface area contributed by atoms with Crippen LogP contribution in [-0.4, -0.2) is 28.2 Å². The summed E-state index contributed by atoms with van der Waals surface area (Å²) in [7, 11) is 0. The highest BCUT2D eigenvalue weighted by Gasteiger charge is 2.32. The number of piperidine rings is 1. The molecule has 1 saturated heterocycles. The number of benzene rings is 1. The molecule has 0 radical (unpaired) electrons. The van der Waals surface area contributed by atoms with Gasteiger partial charge in [0.15, 0.2) is 0 Å². The van der Waals surface area contributed by atoms with Crippen molar-refractivity contribution in [1.82, 2.24) is 9.88 Å². The molecule has 124 valence electrons. The third-order valence-corrected chi connectivity index (χ3v) is 4.01. The van der Waals surface area contributed by atoms with Gasteiger partial charge < -0.3 is 10.2 Å². The number of anilines is 1. The lowest BCUT2D eigenvalue weighted by atomic mass is 10.0. The van der Waals surface area contributed by atoms with E-state index in [9.17, 15) is 14.0 Å². The first-order chi connectivity index (χ1) is 11.6. The summed E-state index contributed by atoms with van der Waals surface area (Å²) in [6.45, 7) is 0.544. The number of carbonyl (C=O) groups excluding carboxylic acids is 2. The van der Waals surface area contributed by atoms with Crippen LogP contribution in [0.4, 0.5) is 10.2 Å². The van der Waals surface area contributed by atoms with Crippen LogP contribution in [0.15, 0.2) is 48.7 Å². The third-order valence-electron chi connectivity index (χ3n) is 4.01. The van der Waals surface area contributed by atoms with Gasteiger partial charge in [0, 0.05) is 13.0 Å². The maximum atomic E-state index is 13.0. The number of hydrogen-bond acceptors (Lipinski definition) is 3. The Hall–Kier alpha value is -2.76. The zero-order valence-electron chi connectivity index (χ0n) is 13.1. The Morgan fingerprint density at radius 1 is 1.17 bits per heavy atom. The van der Waals surface area contributed by atoms with Gasteiger partial charge in [0.2, 0.25) is 5.91 Å². The molecule has 1 atom stereocenters. The van der Waals surface area contributed by atoms with Crippen molar-refractivity contribution in [3.63, 3.8) is 0 Å². The SMILES string of the molecule is O=C(Nc1ccc(F)cn1)C(c1ccccc1)N1CCCCC1=O. The van der Waals surface area contributed by atoms with Gasteiger partial charge in [-0.2, -0.15) is 0 Å². The molecule has 1 aromatic carbocycles. The molecule has 24 heavy (non-hydrogen) atoms. The Morgan fingerprint density at radius 3 is 2.62 bits per heavy atom. The second kappa shape index (κ2) is 7.21. The third kappa shape index (κ3) is 3.59. The van der Waals surface area contributed by atoms with Crippen molar-refractivity contribution < 1.29 is 14.0 Å². The average molecular weight is 327 g/mol. The summed E-state index contributed by atoms with van der Waals surface area (Å²) in [5.74, 6) is -0.599. The van der Waals surface area contributed by atoms with Gasteiger partial charge in [-0.25, -0.2) is 9.37 Å². The fourth-order valence-corrected chi connectivity index (χ4v) is 2.85. The largest absolute Gasteiger partial charge is 0.327 e. The van der Waals surface area contributed by atoms with Crippen LogP contribution in [0.3, 0.4) is 0 Å². The van der Waals surface area contributed by atoms with E-state index in [-0.39, 0.29) is 17.6 Å². The predicted octanol–water partition coefficient (Wildman–Crippen LogP) is 2.91. The number of amides is 2. The molecular formula is C18H18FN3O2. The molecule has 1 fully saturated rings. The topological polar surface area (TPSA) is 62.3 Å². The van der Waals surface area contributed by atoms with Gasteiger partial charge in [0.1, 0.15) is 17.7 Å². The highest BCUT2D eigenvalue weighted by molar-refractivity contribution is 5.97. The van der Waals surface area contributed by atoms with E-state index in [2.05, 4.69) is 10.3 Å². The molecule has 0 bridgehead atoms. The number of halogens is 1. The summed E-state index contributed by atoms with van der Waals surface area (Å²) in [5.41, 5.74) is 0.743. The van der Waals surface area contributed by atoms with E-state index in [1.807, 2.05) is 30.3 Å². The van der Waals surface area contributed by atoms with Crippen LogP contribution >= 0.6 is 0 Å². The highest BCUT2D eigenvalue weighted by atomic mass is 19.1. The Bertz CT molecular complexity index is 719. The fourth-order valence-electron chi connectivity index (χ4n) is 2.85. The number of rotatable bonds is 4. The fraction of sp³-hybridized carbons (Fsp3) is 0.278. The summed E-state index contributed by atoms with van der Waals surface area (Å²) in [4.78, 5) is 30.6. The van der Waals surface area contributed by atoms with Crippen LogP contribution in [0.5, 0.6) is 0 Å². The lowest BCUT2D eigenvalue weighted by Crippen LogP contribution is -2.43. The van der Waals surface area contributed by atoms with E-state index in [1.54, 1.807) is 4.90 Å². The molecule has 2 heterocycles. The number of hydrogen-bond donors (Lipinski definition) is 1. The van der Waals surface area contributed by atoms with Crippen LogP contribution in [0.25, 0.3) is 0 Å². The molecule has 6 heteroatoms. The summed E-state index contributed by atoms with van der Waals surface area (Å²) in [5, 5.41) is 2.67. The molecule has 1 aromatic heterocycles. The van der Waals surface area contributed by atoms with Gasteiger partial charge in [0.25, 0.3) is 5.91 Å². The molecular weight excluding hydrogens is 309 g/mol. The number of pyridine rings is 1. The maximum absolute atomic E-state index is 13.0. The normalized spacial score (nSPS) is 15.9. The van der Waals surface area contributed by atoms with Gasteiger partial charge in [0.05, 0.1) is 6.20 Å². The molecule has 5 nitrogen and oxygen atoms in total. The van der Waals surface area contributed by atoms with Crippen LogP contribution < -0.4 is 5.32 Å². The van der Waals surface area contributed by atoms with Crippen LogP contribution in [0.2, 0.25) is 0 Å². The van der Waals surface area contributed by atoms with Gasteiger partial charge in [-0.05, 0) is 30.5 Å². The summed E-state index contributed by atoms with van der Waals surface area (Å²) < 4.78 is 13.0. The minimum Gasteiger partial charge on any atom is -0.327 e. The van der Waals surface area contributed by atoms with Crippen molar-refractivity contribution in [3.8, 4) is 0 Å². The highest BCUT2D eigenvalue weighted by Crippen LogP contribution is 2.26. The molecule has 2 aromatic rings. The van der Waals surface area contributed by atoms with E-state index >= 15 is 0 Å². The number of nitrogens with zero attached hydrogens (tertiary/aromatic N) is 2. The lowest BCUT2D eigenvalue weighted by molar-refractivity contribution is -0.141. The van der Waals surface area contributed by atoms with E-state index in [0.29, 0.717) is 13.0 Å². The van der Waals surface area contributed by atoms with Crippen molar-refractivity contribution in [2.75, 3.05) is 11.9 Å². The smallest absolute Gasteiger partial charge is 0.252 e. The molecule has 1 N–H and O–H groups in total. The molecule has 1 aliphatic rings. The van der Waals surface area contributed by atoms with Crippen molar-refractivity contribution in [2.24, 2.45) is 0 Å². The zero-order chi connectivity index (χ0) is 16.9. The van der Waals surface area contributed by atoms with Crippen LogP contribution in [0, 0.1) is 5.82 Å². The molecule has 0 saturated carbocycles. The van der Waals surface area contributed by atoms with Gasteiger partial charge >= 0.3 is 0 Å². The van der Waals surface area contributed by atoms with Crippen LogP contribution in [0.1, 0.15) is 30.9 Å². The molecule has 0 aliphatic carbocycles. The van der Waals surface area contributed by atoms with E-state index in [1.165, 1.54) is 12.1 Å². The van der Waals surface area contributed by atoms with Crippen molar-refractivity contribution in [1.29, 1.82) is 0 Å². The molecule has 3 rings (SSSR count). The lowest BCUT2D eigenvalue weighted by Gasteiger charge is -2.34. The second-order valence-corrected chi connectivity index (χ2v) is 5.71. The molecule has 1 unspecified atom stereocenters. The van der Waals surface area contributed by atoms with E-state index in [0.717, 1.165) is 24.6 Å². The summed E-state index contributed by atoms with van der Waals surface area (Å²) in [6, 6.07) is 11.1. The molecule has 0 spiro atoms. The zero-order valence-corrected chi connectivity index (χ0v) is 13.1. The quantitative estimate of drug-likeness (QED) is 0.939. The first-order valence-electron chi connectivity index (χ1n) is 7.92. The summed E-state index contributed by atoms with van der Waals surface area (Å²) in [6.07, 6.45) is 3.21. The Labute approximate surface area is 139 Å². The van der Waals surface area contributed by atoms with Crippen molar-refractivity contribution in [2.45, 2.75) is 25.3 Å². The van der Waals surface area contributed by atoms with E-state index < -0.39 is 11.9 Å². The van der Waals surface area contributed by atoms with Crippen molar-refractivity contribution in [3.05, 3.63) is 60.0 Å². The van der Waals surface area contributed by atoms with Crippen molar-refractivity contribution >= 4 is 17.6 Å². The number of aromatic nitrogens is 1. The minimum atomic E-state index is -0.717. The van der Waals surface area contributed by atoms with E-state index in [4.69, 9.17) is 0 Å². The summed E-state index contributed by atoms with van der Waals surface area (Å²) >= 11 is 0. The molecule has 2 amide bonds. The maximum Gasteiger partial charge on any atom is 0.252 e. The first-order valence-corrected chi connectivity index (χ1v) is 7.92. The minimum absolute atomic E-state index is 0.0303. The number of carbonyl (C=O) groups is 2. The first kappa shape index (κ1) is 16.1. The van der Waals surface area contributed by atoms with Crippen LogP contribution in [-0.2, 0) is 9.59 Å². The van der Waals surface area contributed by atoms with Gasteiger partial charge in [-0.1, -0.05) is 30.3 Å². The Balaban J connectivity index is 1.87. The van der Waals surface area contributed by atoms with Gasteiger partial charge in [-0.15, -0.1) is 0 Å². The van der Waals surface area contributed by atoms with Gasteiger partial charge in [-0.3, -0.25) is 9.59 Å². The molecule has 1 aliphatic heterocycles. The Morgan fingerprint density at radius 2 is 1.96 bits per heavy atom. The second-order valence-electron chi connectivity index (χ2n) is 5.71. The average Bonchev–Trinajstić information content (AvgIpc) is 2.60.